The van der Waals surface area contributed by atoms with E-state index in [0.29, 0.717) is 18.7 Å². The maximum Gasteiger partial charge on any atom is 0.253 e. The molecule has 27 heavy (non-hydrogen) atoms. The van der Waals surface area contributed by atoms with E-state index in [4.69, 9.17) is 0 Å². The van der Waals surface area contributed by atoms with Crippen LogP contribution in [0.1, 0.15) is 23.7 Å². The van der Waals surface area contributed by atoms with Gasteiger partial charge in [-0.1, -0.05) is 0 Å². The molecule has 3 rings (SSSR count). The van der Waals surface area contributed by atoms with E-state index in [2.05, 4.69) is 5.32 Å². The molecule has 9 heteroatoms. The standard InChI is InChI=1S/C18H26N4O4S/c1-14(23)21-9-11-22(12-10-21)27(25,26)17-5-3-15(4-6-17)18(24)20(2)16-7-8-19-13-16/h3-6,16,19H,7-13H2,1-2H3. The minimum Gasteiger partial charge on any atom is -0.340 e. The van der Waals surface area contributed by atoms with Crippen LogP contribution in [0.5, 0.6) is 0 Å². The second-order valence-electron chi connectivity index (χ2n) is 7.00. The van der Waals surface area contributed by atoms with Gasteiger partial charge in [0.15, 0.2) is 0 Å². The van der Waals surface area contributed by atoms with E-state index in [9.17, 15) is 18.0 Å². The number of likely N-dealkylation sites (N-methyl/N-ethyl adjacent to an activating group) is 1. The van der Waals surface area contributed by atoms with Gasteiger partial charge in [0.05, 0.1) is 4.90 Å². The highest BCUT2D eigenvalue weighted by molar-refractivity contribution is 7.89. The van der Waals surface area contributed by atoms with Gasteiger partial charge < -0.3 is 15.1 Å². The van der Waals surface area contributed by atoms with Crippen LogP contribution in [0.3, 0.4) is 0 Å². The molecule has 0 aliphatic carbocycles. The van der Waals surface area contributed by atoms with E-state index >= 15 is 0 Å². The molecule has 2 fully saturated rings. The number of nitrogens with zero attached hydrogens (tertiary/aromatic N) is 3. The van der Waals surface area contributed by atoms with Gasteiger partial charge in [-0.25, -0.2) is 8.42 Å². The summed E-state index contributed by atoms with van der Waals surface area (Å²) in [6.07, 6.45) is 0.918. The molecule has 1 aromatic carbocycles. The van der Waals surface area contributed by atoms with E-state index < -0.39 is 10.0 Å². The predicted molar refractivity (Wildman–Crippen MR) is 101 cm³/mol. The van der Waals surface area contributed by atoms with Crippen molar-refractivity contribution in [1.29, 1.82) is 0 Å². The lowest BCUT2D eigenvalue weighted by Crippen LogP contribution is -2.49. The maximum atomic E-state index is 12.8. The fourth-order valence-corrected chi connectivity index (χ4v) is 4.92. The average Bonchev–Trinajstić information content (AvgIpc) is 3.21. The Bertz CT molecular complexity index is 795. The van der Waals surface area contributed by atoms with Gasteiger partial charge in [-0.2, -0.15) is 4.31 Å². The summed E-state index contributed by atoms with van der Waals surface area (Å²) < 4.78 is 27.0. The van der Waals surface area contributed by atoms with Crippen LogP contribution in [-0.4, -0.2) is 86.7 Å². The molecule has 1 atom stereocenters. The van der Waals surface area contributed by atoms with E-state index in [1.165, 1.54) is 23.4 Å². The number of carbonyl (C=O) groups is 2. The zero-order valence-corrected chi connectivity index (χ0v) is 16.5. The van der Waals surface area contributed by atoms with E-state index in [-0.39, 0.29) is 35.8 Å². The summed E-state index contributed by atoms with van der Waals surface area (Å²) in [5.41, 5.74) is 0.477. The largest absolute Gasteiger partial charge is 0.340 e. The first-order valence-electron chi connectivity index (χ1n) is 9.14. The normalized spacial score (nSPS) is 21.3. The summed E-state index contributed by atoms with van der Waals surface area (Å²) in [5, 5.41) is 3.23. The Balaban J connectivity index is 1.69. The molecule has 0 saturated carbocycles. The average molecular weight is 394 g/mol. The number of piperazine rings is 1. The summed E-state index contributed by atoms with van der Waals surface area (Å²) in [6.45, 7) is 4.51. The summed E-state index contributed by atoms with van der Waals surface area (Å²) >= 11 is 0. The Morgan fingerprint density at radius 3 is 2.26 bits per heavy atom. The smallest absolute Gasteiger partial charge is 0.253 e. The zero-order valence-electron chi connectivity index (χ0n) is 15.7. The third-order valence-electron chi connectivity index (χ3n) is 5.33. The van der Waals surface area contributed by atoms with Crippen molar-refractivity contribution in [2.24, 2.45) is 0 Å². The number of hydrogen-bond acceptors (Lipinski definition) is 5. The first kappa shape index (κ1) is 19.8. The predicted octanol–water partition coefficient (Wildman–Crippen LogP) is -0.0267. The highest BCUT2D eigenvalue weighted by atomic mass is 32.2. The Kier molecular flexibility index (Phi) is 5.83. The van der Waals surface area contributed by atoms with Crippen molar-refractivity contribution in [2.75, 3.05) is 46.3 Å². The molecule has 0 aromatic heterocycles. The third-order valence-corrected chi connectivity index (χ3v) is 7.24. The molecule has 0 spiro atoms. The number of sulfonamides is 1. The molecule has 1 N–H and O–H groups in total. The van der Waals surface area contributed by atoms with Crippen molar-refractivity contribution in [2.45, 2.75) is 24.3 Å². The van der Waals surface area contributed by atoms with Gasteiger partial charge in [-0.3, -0.25) is 9.59 Å². The first-order chi connectivity index (χ1) is 12.8. The molecular weight excluding hydrogens is 368 g/mol. The Morgan fingerprint density at radius 2 is 1.74 bits per heavy atom. The second-order valence-corrected chi connectivity index (χ2v) is 8.94. The second kappa shape index (κ2) is 7.95. The van der Waals surface area contributed by atoms with Crippen molar-refractivity contribution in [3.63, 3.8) is 0 Å². The lowest BCUT2D eigenvalue weighted by molar-refractivity contribution is -0.129. The minimum atomic E-state index is -3.63. The molecule has 1 aromatic rings. The van der Waals surface area contributed by atoms with Crippen LogP contribution in [0, 0.1) is 0 Å². The van der Waals surface area contributed by atoms with Crippen molar-refractivity contribution in [3.8, 4) is 0 Å². The fraction of sp³-hybridized carbons (Fsp3) is 0.556. The van der Waals surface area contributed by atoms with Crippen LogP contribution in [0.25, 0.3) is 0 Å². The molecule has 2 amide bonds. The van der Waals surface area contributed by atoms with Gasteiger partial charge in [0.25, 0.3) is 5.91 Å². The maximum absolute atomic E-state index is 12.8. The highest BCUT2D eigenvalue weighted by Gasteiger charge is 2.30. The fourth-order valence-electron chi connectivity index (χ4n) is 3.50. The lowest BCUT2D eigenvalue weighted by atomic mass is 10.1. The van der Waals surface area contributed by atoms with Gasteiger partial charge in [0.1, 0.15) is 0 Å². The van der Waals surface area contributed by atoms with Crippen LogP contribution in [-0.2, 0) is 14.8 Å². The van der Waals surface area contributed by atoms with Crippen molar-refractivity contribution < 1.29 is 18.0 Å². The third kappa shape index (κ3) is 4.15. The zero-order chi connectivity index (χ0) is 19.6. The molecule has 0 bridgehead atoms. The number of benzene rings is 1. The van der Waals surface area contributed by atoms with Gasteiger partial charge in [-0.15, -0.1) is 0 Å². The van der Waals surface area contributed by atoms with Crippen molar-refractivity contribution in [1.82, 2.24) is 19.4 Å². The number of rotatable bonds is 4. The van der Waals surface area contributed by atoms with E-state index in [0.717, 1.165) is 19.5 Å². The molecule has 148 valence electrons. The molecule has 2 saturated heterocycles. The van der Waals surface area contributed by atoms with E-state index in [1.54, 1.807) is 29.0 Å². The van der Waals surface area contributed by atoms with E-state index in [1.807, 2.05) is 0 Å². The SMILES string of the molecule is CC(=O)N1CCN(S(=O)(=O)c2ccc(C(=O)N(C)C3CCNC3)cc2)CC1. The number of amides is 2. The van der Waals surface area contributed by atoms with Gasteiger partial charge in [0, 0.05) is 58.3 Å². The highest BCUT2D eigenvalue weighted by Crippen LogP contribution is 2.19. The quantitative estimate of drug-likeness (QED) is 0.775. The summed E-state index contributed by atoms with van der Waals surface area (Å²) in [5.74, 6) is -0.154. The molecule has 8 nitrogen and oxygen atoms in total. The van der Waals surface area contributed by atoms with Crippen LogP contribution in [0.2, 0.25) is 0 Å². The molecule has 2 aliphatic heterocycles. The van der Waals surface area contributed by atoms with Crippen molar-refractivity contribution in [3.05, 3.63) is 29.8 Å². The van der Waals surface area contributed by atoms with Crippen molar-refractivity contribution >= 4 is 21.8 Å². The monoisotopic (exact) mass is 394 g/mol. The number of nitrogens with one attached hydrogen (secondary N) is 1. The summed E-state index contributed by atoms with van der Waals surface area (Å²) in [4.78, 5) is 27.5. The Hall–Kier alpha value is -1.97. The van der Waals surface area contributed by atoms with Crippen LogP contribution in [0.15, 0.2) is 29.2 Å². The lowest BCUT2D eigenvalue weighted by Gasteiger charge is -2.33. The molecule has 0 radical (unpaired) electrons. The molecule has 1 unspecified atom stereocenters. The van der Waals surface area contributed by atoms with Crippen LogP contribution < -0.4 is 5.32 Å². The van der Waals surface area contributed by atoms with Gasteiger partial charge in [0.2, 0.25) is 15.9 Å². The molecule has 2 aliphatic rings. The van der Waals surface area contributed by atoms with Gasteiger partial charge >= 0.3 is 0 Å². The number of hydrogen-bond donors (Lipinski definition) is 1. The summed E-state index contributed by atoms with van der Waals surface area (Å²) in [6, 6.07) is 6.28. The minimum absolute atomic E-state index is 0.0449. The van der Waals surface area contributed by atoms with Gasteiger partial charge in [-0.05, 0) is 37.2 Å². The van der Waals surface area contributed by atoms with Crippen LogP contribution in [0.4, 0.5) is 0 Å². The Morgan fingerprint density at radius 1 is 1.11 bits per heavy atom. The summed E-state index contributed by atoms with van der Waals surface area (Å²) in [7, 11) is -1.85. The number of carbonyl (C=O) groups excluding carboxylic acids is 2. The molecule has 2 heterocycles. The topological polar surface area (TPSA) is 90.0 Å². The van der Waals surface area contributed by atoms with Crippen LogP contribution >= 0.6 is 0 Å². The molecular formula is C18H26N4O4S. The first-order valence-corrected chi connectivity index (χ1v) is 10.6. The Labute approximate surface area is 160 Å².